The maximum atomic E-state index is 6.63. The Balaban J connectivity index is 1.99. The van der Waals surface area contributed by atoms with E-state index in [2.05, 4.69) is 24.9 Å². The van der Waals surface area contributed by atoms with Gasteiger partial charge in [-0.2, -0.15) is 0 Å². The SMILES string of the molecule is CC(C)C1CCCC(N)(Cc2cccnc2)CC1. The minimum atomic E-state index is -0.00727. The lowest BCUT2D eigenvalue weighted by atomic mass is 9.84. The molecule has 0 spiro atoms. The van der Waals surface area contributed by atoms with Gasteiger partial charge >= 0.3 is 0 Å². The molecule has 1 fully saturated rings. The number of nitrogens with two attached hydrogens (primary N) is 1. The van der Waals surface area contributed by atoms with E-state index in [1.165, 1.54) is 24.8 Å². The molecule has 0 radical (unpaired) electrons. The van der Waals surface area contributed by atoms with Crippen molar-refractivity contribution in [3.8, 4) is 0 Å². The smallest absolute Gasteiger partial charge is 0.0300 e. The molecule has 0 amide bonds. The highest BCUT2D eigenvalue weighted by Crippen LogP contribution is 2.34. The summed E-state index contributed by atoms with van der Waals surface area (Å²) in [5, 5.41) is 0. The highest BCUT2D eigenvalue weighted by Gasteiger charge is 2.30. The first kappa shape index (κ1) is 13.5. The van der Waals surface area contributed by atoms with E-state index in [1.807, 2.05) is 18.5 Å². The Bertz CT molecular complexity index is 361. The molecule has 1 aromatic rings. The summed E-state index contributed by atoms with van der Waals surface area (Å²) < 4.78 is 0. The second kappa shape index (κ2) is 5.83. The van der Waals surface area contributed by atoms with Gasteiger partial charge in [-0.05, 0) is 49.1 Å². The number of aromatic nitrogens is 1. The number of nitrogens with zero attached hydrogens (tertiary/aromatic N) is 1. The van der Waals surface area contributed by atoms with Crippen LogP contribution in [0.4, 0.5) is 0 Å². The zero-order valence-electron chi connectivity index (χ0n) is 11.7. The average Bonchev–Trinajstić information content (AvgIpc) is 2.52. The van der Waals surface area contributed by atoms with Crippen LogP contribution in [0.15, 0.2) is 24.5 Å². The van der Waals surface area contributed by atoms with Crippen LogP contribution in [-0.2, 0) is 6.42 Å². The maximum Gasteiger partial charge on any atom is 0.0300 e. The molecule has 0 aliphatic heterocycles. The molecule has 1 saturated carbocycles. The van der Waals surface area contributed by atoms with Crippen LogP contribution < -0.4 is 5.73 Å². The summed E-state index contributed by atoms with van der Waals surface area (Å²) in [6.07, 6.45) is 11.0. The van der Waals surface area contributed by atoms with Crippen molar-refractivity contribution < 1.29 is 0 Å². The van der Waals surface area contributed by atoms with Crippen LogP contribution in [0.1, 0.15) is 51.5 Å². The van der Waals surface area contributed by atoms with Crippen LogP contribution in [0, 0.1) is 11.8 Å². The van der Waals surface area contributed by atoms with Gasteiger partial charge in [-0.25, -0.2) is 0 Å². The van der Waals surface area contributed by atoms with Gasteiger partial charge in [0.1, 0.15) is 0 Å². The third-order valence-corrected chi connectivity index (χ3v) is 4.48. The Morgan fingerprint density at radius 2 is 2.22 bits per heavy atom. The van der Waals surface area contributed by atoms with Crippen molar-refractivity contribution in [1.82, 2.24) is 4.98 Å². The van der Waals surface area contributed by atoms with Gasteiger partial charge in [0.05, 0.1) is 0 Å². The molecule has 2 nitrogen and oxygen atoms in total. The molecule has 0 aromatic carbocycles. The summed E-state index contributed by atoms with van der Waals surface area (Å²) in [6.45, 7) is 4.69. The van der Waals surface area contributed by atoms with E-state index in [0.717, 1.165) is 31.1 Å². The number of hydrogen-bond acceptors (Lipinski definition) is 2. The highest BCUT2D eigenvalue weighted by molar-refractivity contribution is 5.13. The van der Waals surface area contributed by atoms with Gasteiger partial charge < -0.3 is 5.73 Å². The fourth-order valence-corrected chi connectivity index (χ4v) is 3.21. The molecule has 1 aliphatic rings. The second-order valence-electron chi connectivity index (χ2n) is 6.34. The average molecular weight is 246 g/mol. The summed E-state index contributed by atoms with van der Waals surface area (Å²) in [7, 11) is 0. The van der Waals surface area contributed by atoms with E-state index < -0.39 is 0 Å². The standard InChI is InChI=1S/C16H26N2/c1-13(2)15-6-3-8-16(17,9-7-15)11-14-5-4-10-18-12-14/h4-5,10,12-13,15H,3,6-9,11,17H2,1-2H3. The summed E-state index contributed by atoms with van der Waals surface area (Å²) in [5.41, 5.74) is 7.90. The molecule has 2 rings (SSSR count). The molecule has 0 bridgehead atoms. The lowest BCUT2D eigenvalue weighted by Gasteiger charge is -2.28. The third-order valence-electron chi connectivity index (χ3n) is 4.48. The van der Waals surface area contributed by atoms with Crippen LogP contribution in [-0.4, -0.2) is 10.5 Å². The lowest BCUT2D eigenvalue weighted by Crippen LogP contribution is -2.41. The summed E-state index contributed by atoms with van der Waals surface area (Å²) in [6, 6.07) is 4.15. The van der Waals surface area contributed by atoms with Gasteiger partial charge in [-0.3, -0.25) is 4.98 Å². The van der Waals surface area contributed by atoms with E-state index >= 15 is 0 Å². The maximum absolute atomic E-state index is 6.63. The van der Waals surface area contributed by atoms with Crippen molar-refractivity contribution in [3.05, 3.63) is 30.1 Å². The minimum Gasteiger partial charge on any atom is -0.325 e. The Hall–Kier alpha value is -0.890. The predicted molar refractivity (Wildman–Crippen MR) is 76.3 cm³/mol. The van der Waals surface area contributed by atoms with Crippen LogP contribution in [0.25, 0.3) is 0 Å². The van der Waals surface area contributed by atoms with Gasteiger partial charge in [0.15, 0.2) is 0 Å². The minimum absolute atomic E-state index is 0.00727. The molecule has 1 aliphatic carbocycles. The first-order chi connectivity index (χ1) is 8.59. The van der Waals surface area contributed by atoms with Crippen molar-refractivity contribution in [2.45, 2.75) is 57.9 Å². The Labute approximate surface area is 111 Å². The molecule has 2 unspecified atom stereocenters. The van der Waals surface area contributed by atoms with E-state index in [1.54, 1.807) is 0 Å². The van der Waals surface area contributed by atoms with Gasteiger partial charge in [-0.15, -0.1) is 0 Å². The van der Waals surface area contributed by atoms with Gasteiger partial charge in [0, 0.05) is 17.9 Å². The van der Waals surface area contributed by atoms with E-state index in [0.29, 0.717) is 0 Å². The first-order valence-electron chi connectivity index (χ1n) is 7.27. The molecule has 2 heteroatoms. The number of hydrogen-bond donors (Lipinski definition) is 1. The second-order valence-corrected chi connectivity index (χ2v) is 6.34. The Morgan fingerprint density at radius 3 is 2.89 bits per heavy atom. The largest absolute Gasteiger partial charge is 0.325 e. The van der Waals surface area contributed by atoms with Crippen molar-refractivity contribution in [2.24, 2.45) is 17.6 Å². The lowest BCUT2D eigenvalue weighted by molar-refractivity contribution is 0.321. The molecule has 2 N–H and O–H groups in total. The zero-order valence-corrected chi connectivity index (χ0v) is 11.7. The van der Waals surface area contributed by atoms with Gasteiger partial charge in [0.2, 0.25) is 0 Å². The van der Waals surface area contributed by atoms with E-state index in [-0.39, 0.29) is 5.54 Å². The predicted octanol–water partition coefficient (Wildman–Crippen LogP) is 3.56. The molecule has 1 aromatic heterocycles. The van der Waals surface area contributed by atoms with Crippen molar-refractivity contribution in [3.63, 3.8) is 0 Å². The fourth-order valence-electron chi connectivity index (χ4n) is 3.21. The summed E-state index contributed by atoms with van der Waals surface area (Å²) in [4.78, 5) is 4.19. The van der Waals surface area contributed by atoms with Crippen molar-refractivity contribution in [2.75, 3.05) is 0 Å². The molecule has 18 heavy (non-hydrogen) atoms. The summed E-state index contributed by atoms with van der Waals surface area (Å²) >= 11 is 0. The third kappa shape index (κ3) is 3.55. The number of pyridine rings is 1. The van der Waals surface area contributed by atoms with E-state index in [9.17, 15) is 0 Å². The first-order valence-corrected chi connectivity index (χ1v) is 7.27. The highest BCUT2D eigenvalue weighted by atomic mass is 14.7. The molecule has 2 atom stereocenters. The van der Waals surface area contributed by atoms with Crippen LogP contribution in [0.3, 0.4) is 0 Å². The molecule has 0 saturated heterocycles. The van der Waals surface area contributed by atoms with Crippen molar-refractivity contribution in [1.29, 1.82) is 0 Å². The van der Waals surface area contributed by atoms with Gasteiger partial charge in [0.25, 0.3) is 0 Å². The zero-order chi connectivity index (χ0) is 13.0. The summed E-state index contributed by atoms with van der Waals surface area (Å²) in [5.74, 6) is 1.66. The van der Waals surface area contributed by atoms with Crippen molar-refractivity contribution >= 4 is 0 Å². The Morgan fingerprint density at radius 1 is 1.39 bits per heavy atom. The van der Waals surface area contributed by atoms with Crippen LogP contribution in [0.5, 0.6) is 0 Å². The number of rotatable bonds is 3. The van der Waals surface area contributed by atoms with Crippen LogP contribution in [0.2, 0.25) is 0 Å². The topological polar surface area (TPSA) is 38.9 Å². The molecule has 1 heterocycles. The quantitative estimate of drug-likeness (QED) is 0.828. The van der Waals surface area contributed by atoms with E-state index in [4.69, 9.17) is 5.73 Å². The molecular weight excluding hydrogens is 220 g/mol. The molecule has 100 valence electrons. The fraction of sp³-hybridized carbons (Fsp3) is 0.688. The Kier molecular flexibility index (Phi) is 4.39. The van der Waals surface area contributed by atoms with Gasteiger partial charge in [-0.1, -0.05) is 32.8 Å². The monoisotopic (exact) mass is 246 g/mol. The van der Waals surface area contributed by atoms with Crippen LogP contribution >= 0.6 is 0 Å². The molecular formula is C16H26N2. The normalized spacial score (nSPS) is 29.2.